The third kappa shape index (κ3) is 8.39. The van der Waals surface area contributed by atoms with Crippen LogP contribution in [0.2, 0.25) is 0 Å². The lowest BCUT2D eigenvalue weighted by molar-refractivity contribution is -0.122. The van der Waals surface area contributed by atoms with E-state index in [-0.39, 0.29) is 5.91 Å². The van der Waals surface area contributed by atoms with E-state index < -0.39 is 0 Å². The maximum atomic E-state index is 11.4. The summed E-state index contributed by atoms with van der Waals surface area (Å²) in [7, 11) is 1.62. The third-order valence-electron chi connectivity index (χ3n) is 2.24. The summed E-state index contributed by atoms with van der Waals surface area (Å²) in [6, 6.07) is 0. The van der Waals surface area contributed by atoms with Crippen molar-refractivity contribution in [1.82, 2.24) is 5.32 Å². The number of amides is 1. The van der Waals surface area contributed by atoms with Gasteiger partial charge in [0.05, 0.1) is 6.61 Å². The quantitative estimate of drug-likeness (QED) is 0.589. The van der Waals surface area contributed by atoms with Crippen molar-refractivity contribution < 1.29 is 9.53 Å². The molecule has 1 atom stereocenters. The first-order chi connectivity index (χ1) is 7.10. The lowest BCUT2D eigenvalue weighted by atomic mass is 9.94. The van der Waals surface area contributed by atoms with Gasteiger partial charge in [0, 0.05) is 20.1 Å². The van der Waals surface area contributed by atoms with Crippen molar-refractivity contribution in [2.45, 2.75) is 26.7 Å². The molecule has 15 heavy (non-hydrogen) atoms. The second-order valence-corrected chi connectivity index (χ2v) is 4.28. The van der Waals surface area contributed by atoms with Gasteiger partial charge in [-0.1, -0.05) is 13.8 Å². The zero-order valence-corrected chi connectivity index (χ0v) is 10.1. The van der Waals surface area contributed by atoms with Crippen molar-refractivity contribution in [2.24, 2.45) is 17.6 Å². The highest BCUT2D eigenvalue weighted by Gasteiger charge is 2.13. The average Bonchev–Trinajstić information content (AvgIpc) is 2.16. The summed E-state index contributed by atoms with van der Waals surface area (Å²) in [4.78, 5) is 11.4. The maximum Gasteiger partial charge on any atom is 0.220 e. The molecule has 0 aliphatic heterocycles. The Balaban J connectivity index is 3.70. The molecule has 4 heteroatoms. The zero-order valence-electron chi connectivity index (χ0n) is 10.1. The van der Waals surface area contributed by atoms with Crippen LogP contribution in [-0.2, 0) is 9.53 Å². The molecule has 0 aromatic rings. The summed E-state index contributed by atoms with van der Waals surface area (Å²) >= 11 is 0. The molecule has 0 aliphatic rings. The van der Waals surface area contributed by atoms with Crippen molar-refractivity contribution in [3.8, 4) is 0 Å². The van der Waals surface area contributed by atoms with Gasteiger partial charge in [-0.2, -0.15) is 0 Å². The molecular formula is C11H24N2O2. The Kier molecular flexibility index (Phi) is 8.33. The normalized spacial score (nSPS) is 12.9. The van der Waals surface area contributed by atoms with Crippen molar-refractivity contribution in [1.29, 1.82) is 0 Å². The van der Waals surface area contributed by atoms with Crippen molar-refractivity contribution in [3.63, 3.8) is 0 Å². The number of nitrogens with one attached hydrogen (secondary N) is 1. The number of methoxy groups -OCH3 is 1. The molecule has 0 bridgehead atoms. The highest BCUT2D eigenvalue weighted by Crippen LogP contribution is 2.13. The van der Waals surface area contributed by atoms with Gasteiger partial charge in [-0.25, -0.2) is 0 Å². The summed E-state index contributed by atoms with van der Waals surface area (Å²) in [5.41, 5.74) is 5.62. The zero-order chi connectivity index (χ0) is 11.7. The largest absolute Gasteiger partial charge is 0.383 e. The summed E-state index contributed by atoms with van der Waals surface area (Å²) < 4.78 is 4.85. The minimum Gasteiger partial charge on any atom is -0.383 e. The molecule has 0 aliphatic carbocycles. The van der Waals surface area contributed by atoms with Crippen LogP contribution >= 0.6 is 0 Å². The molecule has 4 nitrogen and oxygen atoms in total. The van der Waals surface area contributed by atoms with Crippen LogP contribution in [0.4, 0.5) is 0 Å². The van der Waals surface area contributed by atoms with E-state index >= 15 is 0 Å². The summed E-state index contributed by atoms with van der Waals surface area (Å²) in [6.07, 6.45) is 1.53. The molecule has 0 spiro atoms. The number of ether oxygens (including phenoxy) is 1. The van der Waals surface area contributed by atoms with E-state index in [0.717, 1.165) is 6.42 Å². The molecule has 0 rings (SSSR count). The number of carbonyl (C=O) groups excluding carboxylic acids is 1. The summed E-state index contributed by atoms with van der Waals surface area (Å²) in [5, 5.41) is 2.80. The Morgan fingerprint density at radius 3 is 2.60 bits per heavy atom. The lowest BCUT2D eigenvalue weighted by Crippen LogP contribution is -2.31. The summed E-state index contributed by atoms with van der Waals surface area (Å²) in [5.74, 6) is 0.959. The SMILES string of the molecule is COCCNC(=O)C[C@@H](CN)CC(C)C. The van der Waals surface area contributed by atoms with Crippen LogP contribution in [0.15, 0.2) is 0 Å². The molecule has 3 N–H and O–H groups in total. The van der Waals surface area contributed by atoms with Crippen LogP contribution in [-0.4, -0.2) is 32.7 Å². The van der Waals surface area contributed by atoms with Crippen LogP contribution < -0.4 is 11.1 Å². The molecule has 0 unspecified atom stereocenters. The van der Waals surface area contributed by atoms with Gasteiger partial charge in [-0.3, -0.25) is 4.79 Å². The third-order valence-corrected chi connectivity index (χ3v) is 2.24. The van der Waals surface area contributed by atoms with E-state index in [1.54, 1.807) is 7.11 Å². The van der Waals surface area contributed by atoms with Crippen molar-refractivity contribution in [2.75, 3.05) is 26.8 Å². The first-order valence-corrected chi connectivity index (χ1v) is 5.55. The average molecular weight is 216 g/mol. The smallest absolute Gasteiger partial charge is 0.220 e. The predicted molar refractivity (Wildman–Crippen MR) is 61.5 cm³/mol. The topological polar surface area (TPSA) is 64.3 Å². The van der Waals surface area contributed by atoms with Gasteiger partial charge in [0.2, 0.25) is 5.91 Å². The van der Waals surface area contributed by atoms with Gasteiger partial charge in [-0.05, 0) is 24.8 Å². The molecule has 90 valence electrons. The van der Waals surface area contributed by atoms with E-state index in [4.69, 9.17) is 10.5 Å². The van der Waals surface area contributed by atoms with Crippen LogP contribution in [0.5, 0.6) is 0 Å². The molecule has 0 aromatic carbocycles. The van der Waals surface area contributed by atoms with Crippen LogP contribution in [0.25, 0.3) is 0 Å². The van der Waals surface area contributed by atoms with Gasteiger partial charge in [0.1, 0.15) is 0 Å². The second-order valence-electron chi connectivity index (χ2n) is 4.28. The molecule has 0 saturated heterocycles. The van der Waals surface area contributed by atoms with Crippen molar-refractivity contribution in [3.05, 3.63) is 0 Å². The van der Waals surface area contributed by atoms with Crippen molar-refractivity contribution >= 4 is 5.91 Å². The van der Waals surface area contributed by atoms with Gasteiger partial charge in [0.15, 0.2) is 0 Å². The molecule has 0 fully saturated rings. The minimum atomic E-state index is 0.0724. The molecule has 0 heterocycles. The number of hydrogen-bond acceptors (Lipinski definition) is 3. The fraction of sp³-hybridized carbons (Fsp3) is 0.909. The standard InChI is InChI=1S/C11H24N2O2/c1-9(2)6-10(8-12)7-11(14)13-4-5-15-3/h9-10H,4-8,12H2,1-3H3,(H,13,14)/t10-/m0/s1. The highest BCUT2D eigenvalue weighted by molar-refractivity contribution is 5.76. The predicted octanol–water partition coefficient (Wildman–Crippen LogP) is 0.760. The molecular weight excluding hydrogens is 192 g/mol. The monoisotopic (exact) mass is 216 g/mol. The Bertz CT molecular complexity index is 172. The van der Waals surface area contributed by atoms with E-state index in [0.29, 0.717) is 38.0 Å². The fourth-order valence-electron chi connectivity index (χ4n) is 1.56. The second kappa shape index (κ2) is 8.68. The molecule has 0 aromatic heterocycles. The van der Waals surface area contributed by atoms with Gasteiger partial charge < -0.3 is 15.8 Å². The van der Waals surface area contributed by atoms with Gasteiger partial charge in [-0.15, -0.1) is 0 Å². The van der Waals surface area contributed by atoms with E-state index in [2.05, 4.69) is 19.2 Å². The molecule has 0 radical (unpaired) electrons. The number of nitrogens with two attached hydrogens (primary N) is 1. The first kappa shape index (κ1) is 14.4. The minimum absolute atomic E-state index is 0.0724. The Morgan fingerprint density at radius 2 is 2.13 bits per heavy atom. The highest BCUT2D eigenvalue weighted by atomic mass is 16.5. The number of rotatable bonds is 8. The number of carbonyl (C=O) groups is 1. The Morgan fingerprint density at radius 1 is 1.47 bits per heavy atom. The van der Waals surface area contributed by atoms with E-state index in [1.165, 1.54) is 0 Å². The van der Waals surface area contributed by atoms with E-state index in [1.807, 2.05) is 0 Å². The Hall–Kier alpha value is -0.610. The van der Waals surface area contributed by atoms with Gasteiger partial charge in [0.25, 0.3) is 0 Å². The lowest BCUT2D eigenvalue weighted by Gasteiger charge is -2.16. The van der Waals surface area contributed by atoms with Gasteiger partial charge >= 0.3 is 0 Å². The molecule has 1 amide bonds. The summed E-state index contributed by atoms with van der Waals surface area (Å²) in [6.45, 7) is 6.00. The fourth-order valence-corrected chi connectivity index (χ4v) is 1.56. The first-order valence-electron chi connectivity index (χ1n) is 5.55. The van der Waals surface area contributed by atoms with E-state index in [9.17, 15) is 4.79 Å². The number of hydrogen-bond donors (Lipinski definition) is 2. The molecule has 0 saturated carbocycles. The maximum absolute atomic E-state index is 11.4. The van der Waals surface area contributed by atoms with Crippen LogP contribution in [0.3, 0.4) is 0 Å². The van der Waals surface area contributed by atoms with Crippen LogP contribution in [0, 0.1) is 11.8 Å². The van der Waals surface area contributed by atoms with Crippen LogP contribution in [0.1, 0.15) is 26.7 Å². The Labute approximate surface area is 92.6 Å².